The van der Waals surface area contributed by atoms with Crippen LogP contribution in [0.4, 0.5) is 17.1 Å². The van der Waals surface area contributed by atoms with E-state index in [4.69, 9.17) is 5.11 Å². The number of aliphatic hydroxyl groups is 1. The van der Waals surface area contributed by atoms with Crippen molar-refractivity contribution in [1.82, 2.24) is 0 Å². The predicted molar refractivity (Wildman–Crippen MR) is 66.9 cm³/mol. The maximum atomic E-state index is 8.70. The van der Waals surface area contributed by atoms with Crippen LogP contribution in [-0.4, -0.2) is 11.8 Å². The molecule has 3 nitrogen and oxygen atoms in total. The number of anilines is 3. The molecule has 0 aliphatic rings. The molecule has 0 spiro atoms. The Labute approximate surface area is 94.7 Å². The van der Waals surface area contributed by atoms with E-state index in [9.17, 15) is 0 Å². The number of hydrogen-bond donors (Lipinski definition) is 3. The Balaban J connectivity index is 2.05. The Kier molecular flexibility index (Phi) is 3.41. The first-order valence-electron chi connectivity index (χ1n) is 5.15. The van der Waals surface area contributed by atoms with E-state index in [0.717, 1.165) is 17.1 Å². The molecule has 3 heteroatoms. The van der Waals surface area contributed by atoms with Crippen LogP contribution in [0.2, 0.25) is 0 Å². The molecule has 2 aromatic carbocycles. The number of para-hydroxylation sites is 1. The van der Waals surface area contributed by atoms with Gasteiger partial charge in [0.05, 0.1) is 0 Å². The zero-order valence-corrected chi connectivity index (χ0v) is 8.85. The molecule has 0 aliphatic carbocycles. The summed E-state index contributed by atoms with van der Waals surface area (Å²) >= 11 is 0. The van der Waals surface area contributed by atoms with Crippen LogP contribution in [0.3, 0.4) is 0 Å². The Morgan fingerprint density at radius 2 is 1.31 bits per heavy atom. The summed E-state index contributed by atoms with van der Waals surface area (Å²) in [5.74, 6) is 0. The smallest absolute Gasteiger partial charge is 0.113 e. The lowest BCUT2D eigenvalue weighted by atomic mass is 10.2. The van der Waals surface area contributed by atoms with Crippen molar-refractivity contribution < 1.29 is 5.11 Å². The maximum Gasteiger partial charge on any atom is 0.113 e. The zero-order chi connectivity index (χ0) is 11.2. The summed E-state index contributed by atoms with van der Waals surface area (Å²) in [6.45, 7) is -0.0501. The van der Waals surface area contributed by atoms with Crippen molar-refractivity contribution in [2.24, 2.45) is 0 Å². The summed E-state index contributed by atoms with van der Waals surface area (Å²) in [7, 11) is 0. The van der Waals surface area contributed by atoms with Gasteiger partial charge < -0.3 is 15.7 Å². The van der Waals surface area contributed by atoms with Crippen LogP contribution < -0.4 is 10.6 Å². The van der Waals surface area contributed by atoms with Gasteiger partial charge in [-0.15, -0.1) is 0 Å². The molecule has 82 valence electrons. The van der Waals surface area contributed by atoms with Crippen LogP contribution in [0, 0.1) is 0 Å². The van der Waals surface area contributed by atoms with Crippen molar-refractivity contribution in [1.29, 1.82) is 0 Å². The molecule has 3 N–H and O–H groups in total. The van der Waals surface area contributed by atoms with E-state index in [2.05, 4.69) is 10.6 Å². The summed E-state index contributed by atoms with van der Waals surface area (Å²) in [5.41, 5.74) is 2.99. The maximum absolute atomic E-state index is 8.70. The molecule has 0 radical (unpaired) electrons. The van der Waals surface area contributed by atoms with Crippen molar-refractivity contribution in [3.05, 3.63) is 54.6 Å². The molecule has 0 bridgehead atoms. The third-order valence-electron chi connectivity index (χ3n) is 2.23. The van der Waals surface area contributed by atoms with Crippen molar-refractivity contribution in [2.75, 3.05) is 17.4 Å². The van der Waals surface area contributed by atoms with Gasteiger partial charge >= 0.3 is 0 Å². The van der Waals surface area contributed by atoms with Crippen molar-refractivity contribution in [2.45, 2.75) is 0 Å². The Hall–Kier alpha value is -2.00. The molecule has 2 rings (SSSR count). The van der Waals surface area contributed by atoms with E-state index in [1.165, 1.54) is 0 Å². The van der Waals surface area contributed by atoms with Gasteiger partial charge in [0, 0.05) is 17.1 Å². The fraction of sp³-hybridized carbons (Fsp3) is 0.0769. The summed E-state index contributed by atoms with van der Waals surface area (Å²) in [4.78, 5) is 0. The minimum absolute atomic E-state index is 0.0501. The highest BCUT2D eigenvalue weighted by molar-refractivity contribution is 5.62. The van der Waals surface area contributed by atoms with E-state index >= 15 is 0 Å². The standard InChI is InChI=1S/C13H14N2O/c16-10-14-11-6-8-13(9-7-11)15-12-4-2-1-3-5-12/h1-9,14-16H,10H2. The van der Waals surface area contributed by atoms with Crippen molar-refractivity contribution >= 4 is 17.1 Å². The Morgan fingerprint density at radius 3 is 1.94 bits per heavy atom. The quantitative estimate of drug-likeness (QED) is 0.686. The normalized spacial score (nSPS) is 9.81. The minimum atomic E-state index is -0.0501. The molecular formula is C13H14N2O. The average molecular weight is 214 g/mol. The lowest BCUT2D eigenvalue weighted by Gasteiger charge is -2.07. The number of rotatable bonds is 4. The van der Waals surface area contributed by atoms with Gasteiger partial charge in [-0.2, -0.15) is 0 Å². The summed E-state index contributed by atoms with van der Waals surface area (Å²) in [6, 6.07) is 17.8. The molecule has 0 saturated heterocycles. The molecule has 0 unspecified atom stereocenters. The lowest BCUT2D eigenvalue weighted by Crippen LogP contribution is -1.99. The first-order chi connectivity index (χ1) is 7.88. The van der Waals surface area contributed by atoms with Crippen molar-refractivity contribution in [3.8, 4) is 0 Å². The molecule has 0 saturated carbocycles. The van der Waals surface area contributed by atoms with Gasteiger partial charge in [-0.3, -0.25) is 0 Å². The second-order valence-corrected chi connectivity index (χ2v) is 3.40. The Morgan fingerprint density at radius 1 is 0.750 bits per heavy atom. The minimum Gasteiger partial charge on any atom is -0.377 e. The zero-order valence-electron chi connectivity index (χ0n) is 8.85. The topological polar surface area (TPSA) is 44.3 Å². The lowest BCUT2D eigenvalue weighted by molar-refractivity contribution is 0.325. The second kappa shape index (κ2) is 5.19. The average Bonchev–Trinajstić information content (AvgIpc) is 2.33. The first kappa shape index (κ1) is 10.5. The van der Waals surface area contributed by atoms with Gasteiger partial charge in [-0.1, -0.05) is 18.2 Å². The van der Waals surface area contributed by atoms with Crippen LogP contribution in [0.1, 0.15) is 0 Å². The van der Waals surface area contributed by atoms with Gasteiger partial charge in [-0.25, -0.2) is 0 Å². The van der Waals surface area contributed by atoms with Gasteiger partial charge in [0.2, 0.25) is 0 Å². The number of benzene rings is 2. The van der Waals surface area contributed by atoms with Crippen LogP contribution in [0.15, 0.2) is 54.6 Å². The van der Waals surface area contributed by atoms with Gasteiger partial charge in [0.15, 0.2) is 0 Å². The van der Waals surface area contributed by atoms with Gasteiger partial charge in [-0.05, 0) is 36.4 Å². The monoisotopic (exact) mass is 214 g/mol. The van der Waals surface area contributed by atoms with E-state index in [-0.39, 0.29) is 6.73 Å². The fourth-order valence-corrected chi connectivity index (χ4v) is 1.45. The first-order valence-corrected chi connectivity index (χ1v) is 5.15. The van der Waals surface area contributed by atoms with Gasteiger partial charge in [0.1, 0.15) is 6.73 Å². The Bertz CT molecular complexity index is 425. The molecule has 2 aromatic rings. The SMILES string of the molecule is OCNc1ccc(Nc2ccccc2)cc1. The van der Waals surface area contributed by atoms with E-state index in [1.54, 1.807) is 0 Å². The molecule has 16 heavy (non-hydrogen) atoms. The summed E-state index contributed by atoms with van der Waals surface area (Å²) in [5, 5.41) is 14.8. The third-order valence-corrected chi connectivity index (χ3v) is 2.23. The summed E-state index contributed by atoms with van der Waals surface area (Å²) in [6.07, 6.45) is 0. The van der Waals surface area contributed by atoms with E-state index < -0.39 is 0 Å². The van der Waals surface area contributed by atoms with Crippen LogP contribution >= 0.6 is 0 Å². The van der Waals surface area contributed by atoms with Crippen molar-refractivity contribution in [3.63, 3.8) is 0 Å². The molecule has 0 amide bonds. The number of hydrogen-bond acceptors (Lipinski definition) is 3. The number of aliphatic hydroxyl groups excluding tert-OH is 1. The van der Waals surface area contributed by atoms with Gasteiger partial charge in [0.25, 0.3) is 0 Å². The molecule has 0 atom stereocenters. The van der Waals surface area contributed by atoms with E-state index in [1.807, 2.05) is 54.6 Å². The number of nitrogens with one attached hydrogen (secondary N) is 2. The highest BCUT2D eigenvalue weighted by Crippen LogP contribution is 2.18. The molecule has 0 fully saturated rings. The highest BCUT2D eigenvalue weighted by Gasteiger charge is 1.94. The molecule has 0 aliphatic heterocycles. The second-order valence-electron chi connectivity index (χ2n) is 3.40. The predicted octanol–water partition coefficient (Wildman–Crippen LogP) is 2.79. The molecular weight excluding hydrogens is 200 g/mol. The van der Waals surface area contributed by atoms with Crippen LogP contribution in [0.5, 0.6) is 0 Å². The third kappa shape index (κ3) is 2.74. The molecule has 0 aromatic heterocycles. The largest absolute Gasteiger partial charge is 0.377 e. The van der Waals surface area contributed by atoms with Crippen LogP contribution in [0.25, 0.3) is 0 Å². The molecule has 0 heterocycles. The fourth-order valence-electron chi connectivity index (χ4n) is 1.45. The van der Waals surface area contributed by atoms with E-state index in [0.29, 0.717) is 0 Å². The van der Waals surface area contributed by atoms with Crippen LogP contribution in [-0.2, 0) is 0 Å². The highest BCUT2D eigenvalue weighted by atomic mass is 16.3. The summed E-state index contributed by atoms with van der Waals surface area (Å²) < 4.78 is 0.